The Bertz CT molecular complexity index is 700. The van der Waals surface area contributed by atoms with Gasteiger partial charge in [-0.05, 0) is 18.2 Å². The van der Waals surface area contributed by atoms with Gasteiger partial charge in [-0.3, -0.25) is 0 Å². The lowest BCUT2D eigenvalue weighted by Crippen LogP contribution is -1.90. The first-order valence-corrected chi connectivity index (χ1v) is 4.96. The molecule has 0 aliphatic rings. The standard InChI is InChI=1S/C12H10FN3/c1-16-9-4-2-3-8(13)12(9)7-5-11(14)15-6-10(7)16/h2-6H,1H3,(H2,14,15). The summed E-state index contributed by atoms with van der Waals surface area (Å²) in [5.74, 6) is 0.178. The molecule has 80 valence electrons. The van der Waals surface area contributed by atoms with Gasteiger partial charge in [-0.1, -0.05) is 6.07 Å². The van der Waals surface area contributed by atoms with Gasteiger partial charge in [0.2, 0.25) is 0 Å². The van der Waals surface area contributed by atoms with Gasteiger partial charge in [0, 0.05) is 17.8 Å². The van der Waals surface area contributed by atoms with Crippen molar-refractivity contribution in [1.82, 2.24) is 9.55 Å². The van der Waals surface area contributed by atoms with Crippen molar-refractivity contribution < 1.29 is 4.39 Å². The van der Waals surface area contributed by atoms with Crippen LogP contribution in [0.25, 0.3) is 21.8 Å². The van der Waals surface area contributed by atoms with Crippen molar-refractivity contribution in [3.63, 3.8) is 0 Å². The van der Waals surface area contributed by atoms with Crippen molar-refractivity contribution in [2.24, 2.45) is 7.05 Å². The highest BCUT2D eigenvalue weighted by Crippen LogP contribution is 2.30. The van der Waals surface area contributed by atoms with Gasteiger partial charge >= 0.3 is 0 Å². The van der Waals surface area contributed by atoms with Crippen LogP contribution in [0.15, 0.2) is 30.5 Å². The van der Waals surface area contributed by atoms with Crippen molar-refractivity contribution in [3.05, 3.63) is 36.3 Å². The summed E-state index contributed by atoms with van der Waals surface area (Å²) >= 11 is 0. The normalized spacial score (nSPS) is 11.4. The summed E-state index contributed by atoms with van der Waals surface area (Å²) in [6.07, 6.45) is 1.67. The van der Waals surface area contributed by atoms with Gasteiger partial charge in [-0.2, -0.15) is 0 Å². The van der Waals surface area contributed by atoms with E-state index in [-0.39, 0.29) is 5.82 Å². The minimum atomic E-state index is -0.228. The third-order valence-electron chi connectivity index (χ3n) is 2.89. The number of pyridine rings is 1. The van der Waals surface area contributed by atoms with Gasteiger partial charge in [0.25, 0.3) is 0 Å². The molecule has 4 heteroatoms. The van der Waals surface area contributed by atoms with Gasteiger partial charge < -0.3 is 10.3 Å². The summed E-state index contributed by atoms with van der Waals surface area (Å²) < 4.78 is 15.7. The molecule has 0 bridgehead atoms. The average Bonchev–Trinajstić information content (AvgIpc) is 2.54. The Morgan fingerprint density at radius 1 is 1.31 bits per heavy atom. The molecule has 0 saturated heterocycles. The molecule has 2 heterocycles. The summed E-state index contributed by atoms with van der Waals surface area (Å²) in [4.78, 5) is 4.03. The van der Waals surface area contributed by atoms with Crippen molar-refractivity contribution in [2.75, 3.05) is 5.73 Å². The molecule has 0 radical (unpaired) electrons. The third-order valence-corrected chi connectivity index (χ3v) is 2.89. The molecule has 0 aliphatic carbocycles. The number of nitrogens with zero attached hydrogens (tertiary/aromatic N) is 2. The van der Waals surface area contributed by atoms with Crippen molar-refractivity contribution in [1.29, 1.82) is 0 Å². The van der Waals surface area contributed by atoms with Gasteiger partial charge in [-0.25, -0.2) is 9.37 Å². The number of nitrogen functional groups attached to an aromatic ring is 1. The van der Waals surface area contributed by atoms with E-state index in [0.717, 1.165) is 16.4 Å². The fourth-order valence-corrected chi connectivity index (χ4v) is 2.12. The van der Waals surface area contributed by atoms with Gasteiger partial charge in [0.15, 0.2) is 0 Å². The minimum Gasteiger partial charge on any atom is -0.384 e. The monoisotopic (exact) mass is 215 g/mol. The van der Waals surface area contributed by atoms with Crippen LogP contribution in [0.1, 0.15) is 0 Å². The number of aromatic nitrogens is 2. The van der Waals surface area contributed by atoms with E-state index in [2.05, 4.69) is 4.98 Å². The number of fused-ring (bicyclic) bond motifs is 3. The van der Waals surface area contributed by atoms with Crippen LogP contribution in [0.3, 0.4) is 0 Å². The Morgan fingerprint density at radius 3 is 2.94 bits per heavy atom. The number of nitrogens with two attached hydrogens (primary N) is 1. The molecule has 0 amide bonds. The zero-order valence-corrected chi connectivity index (χ0v) is 8.74. The number of rotatable bonds is 0. The summed E-state index contributed by atoms with van der Waals surface area (Å²) in [6, 6.07) is 6.75. The molecular weight excluding hydrogens is 205 g/mol. The second-order valence-corrected chi connectivity index (χ2v) is 3.82. The molecule has 0 atom stereocenters. The maximum Gasteiger partial charge on any atom is 0.133 e. The molecule has 3 aromatic rings. The van der Waals surface area contributed by atoms with Crippen LogP contribution < -0.4 is 5.73 Å². The molecule has 0 aliphatic heterocycles. The first-order chi connectivity index (χ1) is 7.68. The lowest BCUT2D eigenvalue weighted by molar-refractivity contribution is 0.640. The number of hydrogen-bond acceptors (Lipinski definition) is 2. The third kappa shape index (κ3) is 1.04. The number of anilines is 1. The largest absolute Gasteiger partial charge is 0.384 e. The van der Waals surface area contributed by atoms with Crippen LogP contribution in [0.4, 0.5) is 10.2 Å². The van der Waals surface area contributed by atoms with Crippen LogP contribution in [0, 0.1) is 5.82 Å². The molecule has 0 unspecified atom stereocenters. The SMILES string of the molecule is Cn1c2cnc(N)cc2c2c(F)cccc21. The van der Waals surface area contributed by atoms with E-state index < -0.39 is 0 Å². The molecule has 0 fully saturated rings. The molecule has 3 rings (SSSR count). The van der Waals surface area contributed by atoms with Gasteiger partial charge in [0.1, 0.15) is 11.6 Å². The molecule has 2 N–H and O–H groups in total. The molecule has 0 saturated carbocycles. The fourth-order valence-electron chi connectivity index (χ4n) is 2.12. The predicted octanol–water partition coefficient (Wildman–Crippen LogP) is 2.45. The second kappa shape index (κ2) is 2.95. The molecule has 16 heavy (non-hydrogen) atoms. The lowest BCUT2D eigenvalue weighted by Gasteiger charge is -1.96. The Labute approximate surface area is 91.3 Å². The maximum absolute atomic E-state index is 13.8. The van der Waals surface area contributed by atoms with Crippen LogP contribution in [-0.4, -0.2) is 9.55 Å². The lowest BCUT2D eigenvalue weighted by atomic mass is 10.2. The fraction of sp³-hybridized carbons (Fsp3) is 0.0833. The highest BCUT2D eigenvalue weighted by atomic mass is 19.1. The minimum absolute atomic E-state index is 0.228. The number of halogens is 1. The van der Waals surface area contributed by atoms with Crippen LogP contribution in [0.2, 0.25) is 0 Å². The summed E-state index contributed by atoms with van der Waals surface area (Å²) in [6.45, 7) is 0. The highest BCUT2D eigenvalue weighted by molar-refractivity contribution is 6.08. The first-order valence-electron chi connectivity index (χ1n) is 4.96. The van der Waals surface area contributed by atoms with Crippen LogP contribution >= 0.6 is 0 Å². The molecule has 1 aromatic carbocycles. The number of hydrogen-bond donors (Lipinski definition) is 1. The quantitative estimate of drug-likeness (QED) is 0.626. The summed E-state index contributed by atoms with van der Waals surface area (Å²) in [5, 5.41) is 1.41. The predicted molar refractivity (Wildman–Crippen MR) is 62.6 cm³/mol. The Morgan fingerprint density at radius 2 is 2.12 bits per heavy atom. The highest BCUT2D eigenvalue weighted by Gasteiger charge is 2.11. The Balaban J connectivity index is 2.66. The Hall–Kier alpha value is -2.10. The average molecular weight is 215 g/mol. The van der Waals surface area contributed by atoms with Crippen molar-refractivity contribution in [3.8, 4) is 0 Å². The smallest absolute Gasteiger partial charge is 0.133 e. The molecular formula is C12H10FN3. The maximum atomic E-state index is 13.8. The van der Waals surface area contributed by atoms with Crippen LogP contribution in [0.5, 0.6) is 0 Å². The second-order valence-electron chi connectivity index (χ2n) is 3.82. The topological polar surface area (TPSA) is 43.8 Å². The van der Waals surface area contributed by atoms with E-state index in [1.54, 1.807) is 18.3 Å². The summed E-state index contributed by atoms with van der Waals surface area (Å²) in [5.41, 5.74) is 7.36. The zero-order valence-electron chi connectivity index (χ0n) is 8.74. The van der Waals surface area contributed by atoms with Crippen molar-refractivity contribution in [2.45, 2.75) is 0 Å². The van der Waals surface area contributed by atoms with E-state index in [9.17, 15) is 4.39 Å². The molecule has 0 spiro atoms. The van der Waals surface area contributed by atoms with Gasteiger partial charge in [-0.15, -0.1) is 0 Å². The zero-order chi connectivity index (χ0) is 11.3. The van der Waals surface area contributed by atoms with E-state index in [0.29, 0.717) is 11.2 Å². The molecule has 3 nitrogen and oxygen atoms in total. The van der Waals surface area contributed by atoms with E-state index in [1.165, 1.54) is 6.07 Å². The van der Waals surface area contributed by atoms with E-state index in [4.69, 9.17) is 5.73 Å². The van der Waals surface area contributed by atoms with E-state index in [1.807, 2.05) is 17.7 Å². The number of benzene rings is 1. The number of aryl methyl sites for hydroxylation is 1. The van der Waals surface area contributed by atoms with Crippen LogP contribution in [-0.2, 0) is 7.05 Å². The van der Waals surface area contributed by atoms with E-state index >= 15 is 0 Å². The van der Waals surface area contributed by atoms with Crippen molar-refractivity contribution >= 4 is 27.6 Å². The first kappa shape index (κ1) is 9.15. The molecule has 2 aromatic heterocycles. The summed E-state index contributed by atoms with van der Waals surface area (Å²) in [7, 11) is 1.89. The Kier molecular flexibility index (Phi) is 1.68. The van der Waals surface area contributed by atoms with Gasteiger partial charge in [0.05, 0.1) is 17.2 Å².